The molecular formula is C19H25ClN4O2. The quantitative estimate of drug-likeness (QED) is 0.819. The Bertz CT molecular complexity index is 797. The predicted octanol–water partition coefficient (Wildman–Crippen LogP) is 3.89. The highest BCUT2D eigenvalue weighted by Crippen LogP contribution is 2.43. The highest BCUT2D eigenvalue weighted by Gasteiger charge is 2.28. The molecule has 0 amide bonds. The van der Waals surface area contributed by atoms with Crippen LogP contribution in [0.2, 0.25) is 5.02 Å². The van der Waals surface area contributed by atoms with E-state index < -0.39 is 0 Å². The second kappa shape index (κ2) is 7.08. The summed E-state index contributed by atoms with van der Waals surface area (Å²) in [6, 6.07) is 2.36. The Morgan fingerprint density at radius 1 is 1.27 bits per heavy atom. The summed E-state index contributed by atoms with van der Waals surface area (Å²) in [5.41, 5.74) is 8.41. The first-order valence-corrected chi connectivity index (χ1v) is 9.74. The molecule has 4 rings (SSSR count). The summed E-state index contributed by atoms with van der Waals surface area (Å²) in [5, 5.41) is 9.12. The molecule has 2 aliphatic heterocycles. The molecule has 7 heteroatoms. The minimum absolute atomic E-state index is 0.312. The Balaban J connectivity index is 1.60. The lowest BCUT2D eigenvalue weighted by Crippen LogP contribution is -2.37. The zero-order valence-corrected chi connectivity index (χ0v) is 16.1. The van der Waals surface area contributed by atoms with Gasteiger partial charge in [-0.25, -0.2) is 0 Å². The minimum atomic E-state index is 0.312. The number of nitrogens with zero attached hydrogens (tertiary/aromatic N) is 3. The van der Waals surface area contributed by atoms with E-state index >= 15 is 0 Å². The summed E-state index contributed by atoms with van der Waals surface area (Å²) >= 11 is 6.33. The molecule has 6 nitrogen and oxygen atoms in total. The van der Waals surface area contributed by atoms with E-state index in [4.69, 9.17) is 26.5 Å². The largest absolute Gasteiger partial charge is 0.492 e. The van der Waals surface area contributed by atoms with Crippen LogP contribution in [0, 0.1) is 0 Å². The Hall–Kier alpha value is -1.79. The molecule has 1 fully saturated rings. The first-order valence-electron chi connectivity index (χ1n) is 9.36. The van der Waals surface area contributed by atoms with Gasteiger partial charge in [0.15, 0.2) is 0 Å². The zero-order valence-electron chi connectivity index (χ0n) is 15.3. The van der Waals surface area contributed by atoms with Gasteiger partial charge in [-0.15, -0.1) is 10.2 Å². The van der Waals surface area contributed by atoms with Crippen molar-refractivity contribution in [2.24, 2.45) is 0 Å². The lowest BCUT2D eigenvalue weighted by molar-refractivity contribution is 0.163. The molecule has 140 valence electrons. The molecule has 0 atom stereocenters. The summed E-state index contributed by atoms with van der Waals surface area (Å²) in [6.07, 6.45) is 3.86. The SMILES string of the molecule is CC(C)N1CCC(c2nnc(-c3cc(Cl)c(N)c4c3OCCC4)o2)CC1. The molecular weight excluding hydrogens is 352 g/mol. The van der Waals surface area contributed by atoms with Crippen molar-refractivity contribution in [2.45, 2.75) is 51.5 Å². The van der Waals surface area contributed by atoms with Crippen molar-refractivity contribution in [3.63, 3.8) is 0 Å². The van der Waals surface area contributed by atoms with E-state index in [0.29, 0.717) is 41.1 Å². The standard InChI is InChI=1S/C19H25ClN4O2/c1-11(2)24-7-5-12(6-8-24)18-22-23-19(26-18)14-10-15(20)16(21)13-4-3-9-25-17(13)14/h10-12H,3-9,21H2,1-2H3. The number of piperidine rings is 1. The van der Waals surface area contributed by atoms with E-state index in [9.17, 15) is 0 Å². The van der Waals surface area contributed by atoms with Crippen molar-refractivity contribution >= 4 is 17.3 Å². The van der Waals surface area contributed by atoms with Crippen LogP contribution in [-0.2, 0) is 6.42 Å². The molecule has 3 heterocycles. The number of aromatic nitrogens is 2. The number of hydrogen-bond acceptors (Lipinski definition) is 6. The van der Waals surface area contributed by atoms with Gasteiger partial charge in [0, 0.05) is 17.5 Å². The van der Waals surface area contributed by atoms with Crippen LogP contribution in [0.25, 0.3) is 11.5 Å². The molecule has 0 unspecified atom stereocenters. The van der Waals surface area contributed by atoms with Crippen molar-refractivity contribution in [1.82, 2.24) is 15.1 Å². The van der Waals surface area contributed by atoms with Crippen molar-refractivity contribution in [3.05, 3.63) is 22.5 Å². The molecule has 1 aromatic heterocycles. The number of fused-ring (bicyclic) bond motifs is 1. The number of hydrogen-bond donors (Lipinski definition) is 1. The van der Waals surface area contributed by atoms with E-state index in [1.54, 1.807) is 6.07 Å². The number of likely N-dealkylation sites (tertiary alicyclic amines) is 1. The van der Waals surface area contributed by atoms with Crippen LogP contribution in [0.3, 0.4) is 0 Å². The third-order valence-corrected chi connectivity index (χ3v) is 5.78. The van der Waals surface area contributed by atoms with Gasteiger partial charge in [-0.1, -0.05) is 11.6 Å². The highest BCUT2D eigenvalue weighted by molar-refractivity contribution is 6.33. The van der Waals surface area contributed by atoms with Crippen LogP contribution in [0.4, 0.5) is 5.69 Å². The molecule has 0 saturated carbocycles. The van der Waals surface area contributed by atoms with Crippen molar-refractivity contribution < 1.29 is 9.15 Å². The van der Waals surface area contributed by atoms with Crippen LogP contribution in [0.15, 0.2) is 10.5 Å². The molecule has 2 N–H and O–H groups in total. The Labute approximate surface area is 158 Å². The summed E-state index contributed by atoms with van der Waals surface area (Å²) in [7, 11) is 0. The van der Waals surface area contributed by atoms with Gasteiger partial charge in [0.1, 0.15) is 5.75 Å². The minimum Gasteiger partial charge on any atom is -0.492 e. The molecule has 0 spiro atoms. The molecule has 1 saturated heterocycles. The number of halogens is 1. The number of rotatable bonds is 3. The maximum Gasteiger partial charge on any atom is 0.251 e. The zero-order chi connectivity index (χ0) is 18.3. The molecule has 2 aliphatic rings. The number of benzene rings is 1. The van der Waals surface area contributed by atoms with Gasteiger partial charge < -0.3 is 19.8 Å². The third-order valence-electron chi connectivity index (χ3n) is 5.47. The summed E-state index contributed by atoms with van der Waals surface area (Å²) < 4.78 is 11.9. The van der Waals surface area contributed by atoms with Gasteiger partial charge in [-0.3, -0.25) is 0 Å². The normalized spacial score (nSPS) is 18.8. The van der Waals surface area contributed by atoms with Crippen LogP contribution in [0.5, 0.6) is 5.75 Å². The summed E-state index contributed by atoms with van der Waals surface area (Å²) in [4.78, 5) is 2.48. The third kappa shape index (κ3) is 3.16. The first-order chi connectivity index (χ1) is 12.5. The van der Waals surface area contributed by atoms with Crippen LogP contribution < -0.4 is 10.5 Å². The fourth-order valence-electron chi connectivity index (χ4n) is 3.87. The second-order valence-corrected chi connectivity index (χ2v) is 7.84. The van der Waals surface area contributed by atoms with Crippen molar-refractivity contribution in [1.29, 1.82) is 0 Å². The van der Waals surface area contributed by atoms with Crippen molar-refractivity contribution in [3.8, 4) is 17.2 Å². The predicted molar refractivity (Wildman–Crippen MR) is 102 cm³/mol. The molecule has 0 aliphatic carbocycles. The Morgan fingerprint density at radius 3 is 2.77 bits per heavy atom. The number of anilines is 1. The monoisotopic (exact) mass is 376 g/mol. The van der Waals surface area contributed by atoms with Crippen molar-refractivity contribution in [2.75, 3.05) is 25.4 Å². The van der Waals surface area contributed by atoms with Gasteiger partial charge in [-0.2, -0.15) is 0 Å². The highest BCUT2D eigenvalue weighted by atomic mass is 35.5. The van der Waals surface area contributed by atoms with Gasteiger partial charge in [0.2, 0.25) is 5.89 Å². The van der Waals surface area contributed by atoms with E-state index in [2.05, 4.69) is 28.9 Å². The molecule has 0 bridgehead atoms. The fraction of sp³-hybridized carbons (Fsp3) is 0.579. The van der Waals surface area contributed by atoms with Crippen LogP contribution in [-0.4, -0.2) is 40.8 Å². The second-order valence-electron chi connectivity index (χ2n) is 7.43. The van der Waals surface area contributed by atoms with E-state index in [1.807, 2.05) is 0 Å². The molecule has 1 aromatic carbocycles. The average molecular weight is 377 g/mol. The smallest absolute Gasteiger partial charge is 0.251 e. The van der Waals surface area contributed by atoms with Gasteiger partial charge >= 0.3 is 0 Å². The number of nitrogen functional groups attached to an aromatic ring is 1. The topological polar surface area (TPSA) is 77.4 Å². The van der Waals surface area contributed by atoms with Crippen LogP contribution >= 0.6 is 11.6 Å². The van der Waals surface area contributed by atoms with E-state index in [-0.39, 0.29) is 0 Å². The summed E-state index contributed by atoms with van der Waals surface area (Å²) in [6.45, 7) is 7.26. The van der Waals surface area contributed by atoms with Gasteiger partial charge in [-0.05, 0) is 58.7 Å². The fourth-order valence-corrected chi connectivity index (χ4v) is 4.09. The summed E-state index contributed by atoms with van der Waals surface area (Å²) in [5.74, 6) is 2.22. The van der Waals surface area contributed by atoms with E-state index in [0.717, 1.165) is 55.6 Å². The van der Waals surface area contributed by atoms with Gasteiger partial charge in [0.25, 0.3) is 5.89 Å². The molecule has 26 heavy (non-hydrogen) atoms. The first kappa shape index (κ1) is 17.6. The maximum absolute atomic E-state index is 6.33. The van der Waals surface area contributed by atoms with E-state index in [1.165, 1.54) is 0 Å². The van der Waals surface area contributed by atoms with Gasteiger partial charge in [0.05, 0.1) is 22.9 Å². The maximum atomic E-state index is 6.33. The lowest BCUT2D eigenvalue weighted by Gasteiger charge is -2.33. The Kier molecular flexibility index (Phi) is 4.80. The molecule has 2 aromatic rings. The Morgan fingerprint density at radius 2 is 2.04 bits per heavy atom. The number of nitrogens with two attached hydrogens (primary N) is 1. The van der Waals surface area contributed by atoms with Crippen LogP contribution in [0.1, 0.15) is 50.5 Å². The number of ether oxygens (including phenoxy) is 1. The molecule has 0 radical (unpaired) electrons. The lowest BCUT2D eigenvalue weighted by atomic mass is 9.96. The average Bonchev–Trinajstić information content (AvgIpc) is 3.15.